The number of hydrogen-bond acceptors (Lipinski definition) is 4. The summed E-state index contributed by atoms with van der Waals surface area (Å²) in [7, 11) is 0. The van der Waals surface area contributed by atoms with Crippen molar-refractivity contribution in [1.29, 1.82) is 0 Å². The maximum absolute atomic E-state index is 11.2. The number of nitrogens with one attached hydrogen (secondary N) is 1. The number of anilines is 1. The molecule has 2 N–H and O–H groups in total. The van der Waals surface area contributed by atoms with Gasteiger partial charge in [0.2, 0.25) is 0 Å². The van der Waals surface area contributed by atoms with Crippen LogP contribution in [-0.2, 0) is 12.0 Å². The zero-order chi connectivity index (χ0) is 15.5. The zero-order valence-electron chi connectivity index (χ0n) is 12.5. The molecule has 0 aliphatic heterocycles. The number of carboxylic acids is 1. The molecule has 0 saturated carbocycles. The summed E-state index contributed by atoms with van der Waals surface area (Å²) in [4.78, 5) is 19.7. The third-order valence-corrected chi connectivity index (χ3v) is 3.08. The lowest BCUT2D eigenvalue weighted by molar-refractivity contribution is 0.0696. The molecule has 0 unspecified atom stereocenters. The van der Waals surface area contributed by atoms with Crippen LogP contribution in [0, 0.1) is 0 Å². The second kappa shape index (κ2) is 5.95. The minimum atomic E-state index is -0.944. The van der Waals surface area contributed by atoms with E-state index in [2.05, 4.69) is 15.3 Å². The number of nitrogens with zero attached hydrogens (tertiary/aromatic N) is 3. The summed E-state index contributed by atoms with van der Waals surface area (Å²) >= 11 is 0. The standard InChI is InChI=1S/C15H20N4O2/c1-15(2,3)12-8-11(14(20)21)9-13(18-12)17-5-7-19-6-4-16-10-19/h4,6,8-10H,5,7H2,1-3H3,(H,17,18)(H,20,21). The fourth-order valence-corrected chi connectivity index (χ4v) is 1.86. The van der Waals surface area contributed by atoms with Crippen LogP contribution < -0.4 is 5.32 Å². The molecular weight excluding hydrogens is 268 g/mol. The van der Waals surface area contributed by atoms with Crippen LogP contribution in [0.15, 0.2) is 30.9 Å². The fraction of sp³-hybridized carbons (Fsp3) is 0.400. The van der Waals surface area contributed by atoms with Gasteiger partial charge < -0.3 is 15.0 Å². The lowest BCUT2D eigenvalue weighted by atomic mass is 9.91. The first kappa shape index (κ1) is 15.0. The molecule has 0 saturated heterocycles. The smallest absolute Gasteiger partial charge is 0.335 e. The van der Waals surface area contributed by atoms with Gasteiger partial charge in [0.05, 0.1) is 11.9 Å². The van der Waals surface area contributed by atoms with E-state index in [1.807, 2.05) is 31.5 Å². The molecule has 0 radical (unpaired) electrons. The van der Waals surface area contributed by atoms with E-state index in [1.54, 1.807) is 24.7 Å². The van der Waals surface area contributed by atoms with E-state index < -0.39 is 5.97 Å². The highest BCUT2D eigenvalue weighted by Crippen LogP contribution is 2.23. The topological polar surface area (TPSA) is 80.0 Å². The number of carboxylic acid groups (broad SMARTS) is 1. The van der Waals surface area contributed by atoms with E-state index >= 15 is 0 Å². The molecule has 2 rings (SSSR count). The first-order chi connectivity index (χ1) is 9.86. The van der Waals surface area contributed by atoms with Gasteiger partial charge >= 0.3 is 5.97 Å². The quantitative estimate of drug-likeness (QED) is 0.883. The molecule has 2 aromatic heterocycles. The molecule has 2 heterocycles. The third kappa shape index (κ3) is 4.05. The van der Waals surface area contributed by atoms with Crippen molar-refractivity contribution in [2.75, 3.05) is 11.9 Å². The largest absolute Gasteiger partial charge is 0.478 e. The van der Waals surface area contributed by atoms with Gasteiger partial charge in [0, 0.05) is 36.6 Å². The van der Waals surface area contributed by atoms with Crippen molar-refractivity contribution in [2.45, 2.75) is 32.7 Å². The molecule has 0 fully saturated rings. The minimum absolute atomic E-state index is 0.202. The summed E-state index contributed by atoms with van der Waals surface area (Å²) in [5.74, 6) is -0.361. The molecule has 0 amide bonds. The number of carbonyl (C=O) groups is 1. The van der Waals surface area contributed by atoms with E-state index in [9.17, 15) is 9.90 Å². The van der Waals surface area contributed by atoms with Crippen molar-refractivity contribution in [3.8, 4) is 0 Å². The zero-order valence-corrected chi connectivity index (χ0v) is 12.5. The van der Waals surface area contributed by atoms with Crippen molar-refractivity contribution >= 4 is 11.8 Å². The highest BCUT2D eigenvalue weighted by molar-refractivity contribution is 5.88. The maximum atomic E-state index is 11.2. The molecule has 0 aromatic carbocycles. The van der Waals surface area contributed by atoms with Crippen molar-refractivity contribution in [1.82, 2.24) is 14.5 Å². The monoisotopic (exact) mass is 288 g/mol. The Balaban J connectivity index is 2.14. The Bertz CT molecular complexity index is 615. The molecule has 0 bridgehead atoms. The molecule has 0 aliphatic carbocycles. The summed E-state index contributed by atoms with van der Waals surface area (Å²) in [6.45, 7) is 7.42. The molecule has 0 atom stereocenters. The van der Waals surface area contributed by atoms with Crippen LogP contribution in [0.5, 0.6) is 0 Å². The van der Waals surface area contributed by atoms with Crippen LogP contribution in [0.1, 0.15) is 36.8 Å². The Morgan fingerprint density at radius 2 is 2.14 bits per heavy atom. The Hall–Kier alpha value is -2.37. The number of aromatic carboxylic acids is 1. The summed E-state index contributed by atoms with van der Waals surface area (Å²) in [6.07, 6.45) is 5.34. The van der Waals surface area contributed by atoms with Gasteiger partial charge in [0.15, 0.2) is 0 Å². The molecule has 112 valence electrons. The number of hydrogen-bond donors (Lipinski definition) is 2. The summed E-state index contributed by atoms with van der Waals surface area (Å²) in [6, 6.07) is 3.19. The lowest BCUT2D eigenvalue weighted by Gasteiger charge is -2.19. The minimum Gasteiger partial charge on any atom is -0.478 e. The number of pyridine rings is 1. The van der Waals surface area contributed by atoms with Crippen LogP contribution in [0.25, 0.3) is 0 Å². The Kier molecular flexibility index (Phi) is 4.26. The average molecular weight is 288 g/mol. The number of rotatable bonds is 5. The molecule has 2 aromatic rings. The van der Waals surface area contributed by atoms with Crippen molar-refractivity contribution < 1.29 is 9.90 Å². The first-order valence-electron chi connectivity index (χ1n) is 6.82. The second-order valence-electron chi connectivity index (χ2n) is 5.91. The van der Waals surface area contributed by atoms with Gasteiger partial charge in [-0.05, 0) is 12.1 Å². The van der Waals surface area contributed by atoms with Gasteiger partial charge in [-0.2, -0.15) is 0 Å². The molecule has 6 heteroatoms. The van der Waals surface area contributed by atoms with E-state index in [-0.39, 0.29) is 11.0 Å². The van der Waals surface area contributed by atoms with Crippen molar-refractivity contribution in [2.24, 2.45) is 0 Å². The van der Waals surface area contributed by atoms with E-state index in [0.717, 1.165) is 12.2 Å². The summed E-state index contributed by atoms with van der Waals surface area (Å²) in [5.41, 5.74) is 0.805. The Morgan fingerprint density at radius 1 is 1.38 bits per heavy atom. The van der Waals surface area contributed by atoms with Crippen LogP contribution >= 0.6 is 0 Å². The van der Waals surface area contributed by atoms with E-state index in [4.69, 9.17) is 0 Å². The summed E-state index contributed by atoms with van der Waals surface area (Å²) in [5, 5.41) is 12.4. The first-order valence-corrected chi connectivity index (χ1v) is 6.82. The van der Waals surface area contributed by atoms with Gasteiger partial charge in [-0.1, -0.05) is 20.8 Å². The van der Waals surface area contributed by atoms with Crippen molar-refractivity contribution in [3.63, 3.8) is 0 Å². The second-order valence-corrected chi connectivity index (χ2v) is 5.91. The van der Waals surface area contributed by atoms with Gasteiger partial charge in [-0.15, -0.1) is 0 Å². The Morgan fingerprint density at radius 3 is 2.71 bits per heavy atom. The Labute approximate surface area is 123 Å². The molecular formula is C15H20N4O2. The predicted molar refractivity (Wildman–Crippen MR) is 80.6 cm³/mol. The molecule has 6 nitrogen and oxygen atoms in total. The number of aromatic nitrogens is 3. The molecule has 0 spiro atoms. The normalized spacial score (nSPS) is 11.4. The molecule has 21 heavy (non-hydrogen) atoms. The van der Waals surface area contributed by atoms with E-state index in [1.165, 1.54) is 0 Å². The highest BCUT2D eigenvalue weighted by Gasteiger charge is 2.19. The van der Waals surface area contributed by atoms with Gasteiger partial charge in [-0.3, -0.25) is 0 Å². The number of imidazole rings is 1. The highest BCUT2D eigenvalue weighted by atomic mass is 16.4. The predicted octanol–water partition coefficient (Wildman–Crippen LogP) is 2.39. The van der Waals surface area contributed by atoms with Crippen LogP contribution in [-0.4, -0.2) is 32.2 Å². The average Bonchev–Trinajstić information content (AvgIpc) is 2.90. The molecule has 0 aliphatic rings. The van der Waals surface area contributed by atoms with Crippen molar-refractivity contribution in [3.05, 3.63) is 42.1 Å². The van der Waals surface area contributed by atoms with Gasteiger partial charge in [0.1, 0.15) is 5.82 Å². The maximum Gasteiger partial charge on any atom is 0.335 e. The van der Waals surface area contributed by atoms with Crippen LogP contribution in [0.4, 0.5) is 5.82 Å². The van der Waals surface area contributed by atoms with E-state index in [0.29, 0.717) is 12.4 Å². The fourth-order valence-electron chi connectivity index (χ4n) is 1.86. The van der Waals surface area contributed by atoms with Gasteiger partial charge in [0.25, 0.3) is 0 Å². The van der Waals surface area contributed by atoms with Crippen LogP contribution in [0.2, 0.25) is 0 Å². The lowest BCUT2D eigenvalue weighted by Crippen LogP contribution is -2.17. The third-order valence-electron chi connectivity index (χ3n) is 3.08. The SMILES string of the molecule is CC(C)(C)c1cc(C(=O)O)cc(NCCn2ccnc2)n1. The van der Waals surface area contributed by atoms with Gasteiger partial charge in [-0.25, -0.2) is 14.8 Å². The summed E-state index contributed by atoms with van der Waals surface area (Å²) < 4.78 is 1.94. The van der Waals surface area contributed by atoms with Crippen LogP contribution in [0.3, 0.4) is 0 Å².